The zero-order chi connectivity index (χ0) is 26.5. The highest BCUT2D eigenvalue weighted by molar-refractivity contribution is 7.87. The molecule has 3 aromatic rings. The van der Waals surface area contributed by atoms with E-state index in [2.05, 4.69) is 4.90 Å². The van der Waals surface area contributed by atoms with Gasteiger partial charge in [0.25, 0.3) is 5.91 Å². The third kappa shape index (κ3) is 6.35. The lowest BCUT2D eigenvalue weighted by atomic mass is 10.1. The molecule has 0 spiro atoms. The van der Waals surface area contributed by atoms with Crippen LogP contribution in [0.15, 0.2) is 64.1 Å². The number of rotatable bonds is 11. The summed E-state index contributed by atoms with van der Waals surface area (Å²) in [6.45, 7) is 9.50. The minimum atomic E-state index is -4.24. The fraction of sp³-hybridized carbons (Fsp3) is 0.346. The van der Waals surface area contributed by atoms with E-state index in [0.29, 0.717) is 12.0 Å². The molecule has 0 saturated heterocycles. The van der Waals surface area contributed by atoms with Gasteiger partial charge in [-0.2, -0.15) is 8.42 Å². The summed E-state index contributed by atoms with van der Waals surface area (Å²) in [6.07, 6.45) is 2.14. The Hall–Kier alpha value is -2.68. The van der Waals surface area contributed by atoms with Crippen molar-refractivity contribution in [2.45, 2.75) is 51.6 Å². The van der Waals surface area contributed by atoms with Gasteiger partial charge in [0.2, 0.25) is 0 Å². The molecule has 0 aliphatic rings. The van der Waals surface area contributed by atoms with E-state index in [1.807, 2.05) is 33.8 Å². The van der Waals surface area contributed by atoms with Crippen LogP contribution >= 0.6 is 23.2 Å². The number of hydrogen-bond donors (Lipinski definition) is 0. The first-order chi connectivity index (χ1) is 17.1. The van der Waals surface area contributed by atoms with Crippen molar-refractivity contribution in [3.8, 4) is 5.75 Å². The number of carbonyl (C=O) groups excluding carboxylic acids is 1. The van der Waals surface area contributed by atoms with Gasteiger partial charge in [-0.25, -0.2) is 0 Å². The largest absolute Gasteiger partial charge is 0.459 e. The standard InChI is InChI=1S/C26H30Cl2N2O5S/c1-5-18(4)30(26(31)24-9-8-14-34-24)17-19-10-11-20(29(6-2)7-3)15-25(19)35-36(32,33)21-12-13-22(27)23(28)16-21/h8-16,18H,5-7,17H2,1-4H3. The Morgan fingerprint density at radius 2 is 1.75 bits per heavy atom. The van der Waals surface area contributed by atoms with Crippen LogP contribution < -0.4 is 9.08 Å². The predicted octanol–water partition coefficient (Wildman–Crippen LogP) is 6.64. The number of amides is 1. The lowest BCUT2D eigenvalue weighted by Crippen LogP contribution is -2.37. The molecule has 0 radical (unpaired) electrons. The van der Waals surface area contributed by atoms with Crippen molar-refractivity contribution in [1.29, 1.82) is 0 Å². The van der Waals surface area contributed by atoms with E-state index in [9.17, 15) is 13.2 Å². The van der Waals surface area contributed by atoms with Crippen molar-refractivity contribution >= 4 is 44.9 Å². The lowest BCUT2D eigenvalue weighted by Gasteiger charge is -2.29. The zero-order valence-corrected chi connectivity index (χ0v) is 23.0. The zero-order valence-electron chi connectivity index (χ0n) is 20.7. The maximum Gasteiger partial charge on any atom is 0.339 e. The molecule has 0 N–H and O–H groups in total. The van der Waals surface area contributed by atoms with Gasteiger partial charge in [-0.05, 0) is 63.6 Å². The number of carbonyl (C=O) groups is 1. The SMILES string of the molecule is CCC(C)N(Cc1ccc(N(CC)CC)cc1OS(=O)(=O)c1ccc(Cl)c(Cl)c1)C(=O)c1ccco1. The second-order valence-electron chi connectivity index (χ2n) is 8.25. The van der Waals surface area contributed by atoms with E-state index in [1.54, 1.807) is 29.2 Å². The van der Waals surface area contributed by atoms with Crippen LogP contribution in [0.3, 0.4) is 0 Å². The Labute approximate surface area is 222 Å². The van der Waals surface area contributed by atoms with Crippen LogP contribution in [0, 0.1) is 0 Å². The van der Waals surface area contributed by atoms with Gasteiger partial charge < -0.3 is 18.4 Å². The van der Waals surface area contributed by atoms with Gasteiger partial charge in [-0.3, -0.25) is 4.79 Å². The van der Waals surface area contributed by atoms with Crippen molar-refractivity contribution in [2.24, 2.45) is 0 Å². The summed E-state index contributed by atoms with van der Waals surface area (Å²) < 4.78 is 37.4. The van der Waals surface area contributed by atoms with E-state index in [-0.39, 0.29) is 44.9 Å². The number of hydrogen-bond acceptors (Lipinski definition) is 6. The average molecular weight is 554 g/mol. The first-order valence-corrected chi connectivity index (χ1v) is 13.9. The minimum absolute atomic E-state index is 0.102. The van der Waals surface area contributed by atoms with Gasteiger partial charge in [0.1, 0.15) is 10.6 Å². The fourth-order valence-electron chi connectivity index (χ4n) is 3.71. The molecule has 1 amide bonds. The van der Waals surface area contributed by atoms with Gasteiger partial charge in [-0.1, -0.05) is 36.2 Å². The van der Waals surface area contributed by atoms with E-state index in [0.717, 1.165) is 18.8 Å². The van der Waals surface area contributed by atoms with Crippen LogP contribution in [-0.2, 0) is 16.7 Å². The average Bonchev–Trinajstić information content (AvgIpc) is 3.40. The van der Waals surface area contributed by atoms with Gasteiger partial charge >= 0.3 is 10.1 Å². The molecule has 1 atom stereocenters. The molecule has 1 heterocycles. The van der Waals surface area contributed by atoms with E-state index in [4.69, 9.17) is 31.8 Å². The maximum absolute atomic E-state index is 13.2. The van der Waals surface area contributed by atoms with Gasteiger partial charge in [0, 0.05) is 36.4 Å². The molecular weight excluding hydrogens is 523 g/mol. The number of anilines is 1. The van der Waals surface area contributed by atoms with E-state index < -0.39 is 10.1 Å². The first-order valence-electron chi connectivity index (χ1n) is 11.7. The van der Waals surface area contributed by atoms with Crippen LogP contribution in [0.4, 0.5) is 5.69 Å². The van der Waals surface area contributed by atoms with Crippen LogP contribution in [0.2, 0.25) is 10.0 Å². The summed E-state index contributed by atoms with van der Waals surface area (Å²) in [7, 11) is -4.24. The van der Waals surface area contributed by atoms with E-state index >= 15 is 0 Å². The summed E-state index contributed by atoms with van der Waals surface area (Å²) in [5.41, 5.74) is 1.34. The molecule has 2 aromatic carbocycles. The van der Waals surface area contributed by atoms with Crippen molar-refractivity contribution < 1.29 is 21.8 Å². The molecule has 0 fully saturated rings. The quantitative estimate of drug-likeness (QED) is 0.248. The second-order valence-corrected chi connectivity index (χ2v) is 10.6. The van der Waals surface area contributed by atoms with Gasteiger partial charge in [0.05, 0.1) is 22.9 Å². The van der Waals surface area contributed by atoms with Crippen LogP contribution in [-0.4, -0.2) is 38.4 Å². The second kappa shape index (κ2) is 12.0. The number of nitrogens with zero attached hydrogens (tertiary/aromatic N) is 2. The molecule has 10 heteroatoms. The highest BCUT2D eigenvalue weighted by Gasteiger charge is 2.26. The van der Waals surface area contributed by atoms with Crippen molar-refractivity contribution in [2.75, 3.05) is 18.0 Å². The van der Waals surface area contributed by atoms with Gasteiger partial charge in [-0.15, -0.1) is 0 Å². The van der Waals surface area contributed by atoms with E-state index in [1.165, 1.54) is 24.5 Å². The normalized spacial score (nSPS) is 12.3. The molecule has 0 saturated carbocycles. The molecule has 7 nitrogen and oxygen atoms in total. The van der Waals surface area contributed by atoms with Crippen molar-refractivity contribution in [1.82, 2.24) is 4.90 Å². The Bertz CT molecular complexity index is 1290. The number of furan rings is 1. The smallest absolute Gasteiger partial charge is 0.339 e. The summed E-state index contributed by atoms with van der Waals surface area (Å²) in [4.78, 5) is 16.8. The molecule has 3 rings (SSSR count). The Morgan fingerprint density at radius 3 is 2.33 bits per heavy atom. The summed E-state index contributed by atoms with van der Waals surface area (Å²) in [5.74, 6) is 0.0486. The molecule has 194 valence electrons. The van der Waals surface area contributed by atoms with Crippen LogP contribution in [0.25, 0.3) is 0 Å². The molecule has 36 heavy (non-hydrogen) atoms. The third-order valence-electron chi connectivity index (χ3n) is 6.01. The molecule has 0 aliphatic heterocycles. The highest BCUT2D eigenvalue weighted by Crippen LogP contribution is 2.32. The van der Waals surface area contributed by atoms with Crippen molar-refractivity contribution in [3.05, 3.63) is 76.2 Å². The summed E-state index contributed by atoms with van der Waals surface area (Å²) in [6, 6.07) is 12.5. The molecular formula is C26H30Cl2N2O5S. The Kier molecular flexibility index (Phi) is 9.33. The highest BCUT2D eigenvalue weighted by atomic mass is 35.5. The minimum Gasteiger partial charge on any atom is -0.459 e. The fourth-order valence-corrected chi connectivity index (χ4v) is 5.06. The molecule has 1 unspecified atom stereocenters. The monoisotopic (exact) mass is 552 g/mol. The summed E-state index contributed by atoms with van der Waals surface area (Å²) >= 11 is 12.0. The Morgan fingerprint density at radius 1 is 1.03 bits per heavy atom. The Balaban J connectivity index is 2.05. The van der Waals surface area contributed by atoms with Gasteiger partial charge in [0.15, 0.2) is 5.76 Å². The first kappa shape index (κ1) is 27.9. The topological polar surface area (TPSA) is 80.1 Å². The van der Waals surface area contributed by atoms with Crippen LogP contribution in [0.5, 0.6) is 5.75 Å². The molecule has 1 aromatic heterocycles. The molecule has 0 bridgehead atoms. The lowest BCUT2D eigenvalue weighted by molar-refractivity contribution is 0.0638. The van der Waals surface area contributed by atoms with Crippen molar-refractivity contribution in [3.63, 3.8) is 0 Å². The van der Waals surface area contributed by atoms with Crippen LogP contribution in [0.1, 0.15) is 50.2 Å². The molecule has 0 aliphatic carbocycles. The predicted molar refractivity (Wildman–Crippen MR) is 143 cm³/mol. The third-order valence-corrected chi connectivity index (χ3v) is 7.98. The summed E-state index contributed by atoms with van der Waals surface area (Å²) in [5, 5.41) is 0.339. The maximum atomic E-state index is 13.2. The number of halogens is 2. The number of benzene rings is 2.